The van der Waals surface area contributed by atoms with Crippen molar-refractivity contribution < 1.29 is 4.74 Å². The first-order valence-electron chi connectivity index (χ1n) is 6.42. The SMILES string of the molecule is CCOc1ccccc1C(N)Cc1ccc(Cl)cc1. The third-order valence-corrected chi connectivity index (χ3v) is 3.24. The number of ether oxygens (including phenoxy) is 1. The van der Waals surface area contributed by atoms with E-state index in [1.54, 1.807) is 0 Å². The van der Waals surface area contributed by atoms with Crippen molar-refractivity contribution in [1.29, 1.82) is 0 Å². The van der Waals surface area contributed by atoms with E-state index in [1.165, 1.54) is 5.56 Å². The number of hydrogen-bond acceptors (Lipinski definition) is 2. The first-order chi connectivity index (χ1) is 9.20. The number of hydrogen-bond donors (Lipinski definition) is 1. The van der Waals surface area contributed by atoms with E-state index in [9.17, 15) is 0 Å². The Kier molecular flexibility index (Phi) is 4.83. The zero-order valence-electron chi connectivity index (χ0n) is 11.0. The van der Waals surface area contributed by atoms with Crippen LogP contribution in [0.4, 0.5) is 0 Å². The minimum atomic E-state index is -0.0797. The summed E-state index contributed by atoms with van der Waals surface area (Å²) in [6.07, 6.45) is 0.765. The summed E-state index contributed by atoms with van der Waals surface area (Å²) in [6, 6.07) is 15.6. The Hall–Kier alpha value is -1.51. The lowest BCUT2D eigenvalue weighted by atomic mass is 9.99. The van der Waals surface area contributed by atoms with Crippen molar-refractivity contribution in [3.63, 3.8) is 0 Å². The quantitative estimate of drug-likeness (QED) is 0.896. The highest BCUT2D eigenvalue weighted by atomic mass is 35.5. The lowest BCUT2D eigenvalue weighted by molar-refractivity contribution is 0.334. The molecular weight excluding hydrogens is 258 g/mol. The van der Waals surface area contributed by atoms with E-state index in [0.29, 0.717) is 6.61 Å². The van der Waals surface area contributed by atoms with E-state index in [0.717, 1.165) is 22.8 Å². The molecule has 0 saturated carbocycles. The number of halogens is 1. The van der Waals surface area contributed by atoms with Crippen LogP contribution in [0.1, 0.15) is 24.1 Å². The van der Waals surface area contributed by atoms with Crippen molar-refractivity contribution in [1.82, 2.24) is 0 Å². The molecule has 3 heteroatoms. The number of benzene rings is 2. The molecule has 0 aliphatic rings. The second kappa shape index (κ2) is 6.60. The third-order valence-electron chi connectivity index (χ3n) is 2.99. The molecule has 19 heavy (non-hydrogen) atoms. The van der Waals surface area contributed by atoms with Gasteiger partial charge in [-0.3, -0.25) is 0 Å². The molecule has 100 valence electrons. The summed E-state index contributed by atoms with van der Waals surface area (Å²) in [5.41, 5.74) is 8.49. The van der Waals surface area contributed by atoms with Gasteiger partial charge in [0.05, 0.1) is 6.61 Å². The molecule has 0 amide bonds. The Balaban J connectivity index is 2.15. The molecule has 0 aromatic heterocycles. The molecule has 2 aromatic carbocycles. The molecule has 2 aromatic rings. The molecule has 2 rings (SSSR count). The van der Waals surface area contributed by atoms with Crippen LogP contribution >= 0.6 is 11.6 Å². The van der Waals surface area contributed by atoms with Crippen LogP contribution in [0.15, 0.2) is 48.5 Å². The second-order valence-corrected chi connectivity index (χ2v) is 4.84. The third kappa shape index (κ3) is 3.72. The first-order valence-corrected chi connectivity index (χ1v) is 6.80. The van der Waals surface area contributed by atoms with Gasteiger partial charge in [-0.25, -0.2) is 0 Å². The fourth-order valence-electron chi connectivity index (χ4n) is 2.06. The topological polar surface area (TPSA) is 35.2 Å². The average Bonchev–Trinajstić information content (AvgIpc) is 2.42. The van der Waals surface area contributed by atoms with Crippen molar-refractivity contribution in [2.75, 3.05) is 6.61 Å². The monoisotopic (exact) mass is 275 g/mol. The Morgan fingerprint density at radius 2 is 1.79 bits per heavy atom. The normalized spacial score (nSPS) is 12.2. The average molecular weight is 276 g/mol. The first kappa shape index (κ1) is 13.9. The van der Waals surface area contributed by atoms with Crippen LogP contribution in [0.3, 0.4) is 0 Å². The van der Waals surface area contributed by atoms with E-state index in [4.69, 9.17) is 22.1 Å². The summed E-state index contributed by atoms with van der Waals surface area (Å²) in [4.78, 5) is 0. The van der Waals surface area contributed by atoms with Crippen LogP contribution in [0.25, 0.3) is 0 Å². The standard InChI is InChI=1S/C16H18ClNO/c1-2-19-16-6-4-3-5-14(16)15(18)11-12-7-9-13(17)10-8-12/h3-10,15H,2,11,18H2,1H3. The number of rotatable bonds is 5. The summed E-state index contributed by atoms with van der Waals surface area (Å²) in [7, 11) is 0. The van der Waals surface area contributed by atoms with Crippen LogP contribution in [0.2, 0.25) is 5.02 Å². The van der Waals surface area contributed by atoms with Gasteiger partial charge in [0.15, 0.2) is 0 Å². The molecule has 0 bridgehead atoms. The van der Waals surface area contributed by atoms with Gasteiger partial charge in [-0.2, -0.15) is 0 Å². The van der Waals surface area contributed by atoms with Crippen molar-refractivity contribution >= 4 is 11.6 Å². The lowest BCUT2D eigenvalue weighted by Gasteiger charge is -2.16. The molecule has 1 unspecified atom stereocenters. The van der Waals surface area contributed by atoms with Gasteiger partial charge in [0.1, 0.15) is 5.75 Å². The number of nitrogens with two attached hydrogens (primary N) is 1. The summed E-state index contributed by atoms with van der Waals surface area (Å²) >= 11 is 5.88. The molecule has 0 aliphatic carbocycles. The molecule has 0 fully saturated rings. The molecular formula is C16H18ClNO. The van der Waals surface area contributed by atoms with Gasteiger partial charge in [0.25, 0.3) is 0 Å². The highest BCUT2D eigenvalue weighted by Crippen LogP contribution is 2.26. The molecule has 0 radical (unpaired) electrons. The van der Waals surface area contributed by atoms with Gasteiger partial charge >= 0.3 is 0 Å². The maximum absolute atomic E-state index is 6.28. The molecule has 0 aliphatic heterocycles. The Bertz CT molecular complexity index is 525. The maximum atomic E-state index is 6.28. The Labute approximate surface area is 119 Å². The van der Waals surface area contributed by atoms with Crippen LogP contribution in [-0.2, 0) is 6.42 Å². The summed E-state index contributed by atoms with van der Waals surface area (Å²) in [5.74, 6) is 0.867. The minimum absolute atomic E-state index is 0.0797. The molecule has 0 heterocycles. The van der Waals surface area contributed by atoms with Crippen LogP contribution in [0.5, 0.6) is 5.75 Å². The van der Waals surface area contributed by atoms with Crippen molar-refractivity contribution in [2.24, 2.45) is 5.73 Å². The van der Waals surface area contributed by atoms with Gasteiger partial charge in [-0.05, 0) is 37.1 Å². The van der Waals surface area contributed by atoms with Crippen molar-refractivity contribution in [3.8, 4) is 5.75 Å². The van der Waals surface area contributed by atoms with Gasteiger partial charge in [0.2, 0.25) is 0 Å². The Morgan fingerprint density at radius 1 is 1.11 bits per heavy atom. The predicted molar refractivity (Wildman–Crippen MR) is 79.7 cm³/mol. The van der Waals surface area contributed by atoms with Crippen LogP contribution in [-0.4, -0.2) is 6.61 Å². The van der Waals surface area contributed by atoms with Gasteiger partial charge in [-0.15, -0.1) is 0 Å². The molecule has 0 spiro atoms. The second-order valence-electron chi connectivity index (χ2n) is 4.41. The van der Waals surface area contributed by atoms with E-state index < -0.39 is 0 Å². The summed E-state index contributed by atoms with van der Waals surface area (Å²) in [5, 5.41) is 0.743. The van der Waals surface area contributed by atoms with Crippen LogP contribution < -0.4 is 10.5 Å². The summed E-state index contributed by atoms with van der Waals surface area (Å²) in [6.45, 7) is 2.62. The fraction of sp³-hybridized carbons (Fsp3) is 0.250. The van der Waals surface area contributed by atoms with E-state index in [-0.39, 0.29) is 6.04 Å². The molecule has 2 N–H and O–H groups in total. The van der Waals surface area contributed by atoms with Crippen LogP contribution in [0, 0.1) is 0 Å². The smallest absolute Gasteiger partial charge is 0.124 e. The lowest BCUT2D eigenvalue weighted by Crippen LogP contribution is -2.14. The van der Waals surface area contributed by atoms with Gasteiger partial charge in [0, 0.05) is 16.6 Å². The summed E-state index contributed by atoms with van der Waals surface area (Å²) < 4.78 is 5.61. The van der Waals surface area contributed by atoms with E-state index in [2.05, 4.69) is 0 Å². The Morgan fingerprint density at radius 3 is 2.47 bits per heavy atom. The molecule has 2 nitrogen and oxygen atoms in total. The minimum Gasteiger partial charge on any atom is -0.494 e. The fourth-order valence-corrected chi connectivity index (χ4v) is 2.18. The highest BCUT2D eigenvalue weighted by molar-refractivity contribution is 6.30. The van der Waals surface area contributed by atoms with Gasteiger partial charge in [-0.1, -0.05) is 41.9 Å². The highest BCUT2D eigenvalue weighted by Gasteiger charge is 2.12. The van der Waals surface area contributed by atoms with Gasteiger partial charge < -0.3 is 10.5 Å². The zero-order valence-corrected chi connectivity index (χ0v) is 11.7. The van der Waals surface area contributed by atoms with Crippen molar-refractivity contribution in [2.45, 2.75) is 19.4 Å². The zero-order chi connectivity index (χ0) is 13.7. The largest absolute Gasteiger partial charge is 0.494 e. The van der Waals surface area contributed by atoms with E-state index in [1.807, 2.05) is 55.5 Å². The molecule has 0 saturated heterocycles. The maximum Gasteiger partial charge on any atom is 0.124 e. The molecule has 1 atom stereocenters. The number of para-hydroxylation sites is 1. The van der Waals surface area contributed by atoms with E-state index >= 15 is 0 Å². The van der Waals surface area contributed by atoms with Crippen molar-refractivity contribution in [3.05, 3.63) is 64.7 Å². The predicted octanol–water partition coefficient (Wildman–Crippen LogP) is 3.98.